The van der Waals surface area contributed by atoms with Gasteiger partial charge >= 0.3 is 0 Å². The summed E-state index contributed by atoms with van der Waals surface area (Å²) in [6, 6.07) is 21.9. The molecule has 1 aromatic heterocycles. The number of nitrogens with one attached hydrogen (secondary N) is 3. The number of rotatable bonds is 12. The van der Waals surface area contributed by atoms with Gasteiger partial charge < -0.3 is 25.4 Å². The van der Waals surface area contributed by atoms with E-state index in [9.17, 15) is 19.2 Å². The molecule has 3 heterocycles. The Balaban J connectivity index is 1.04. The van der Waals surface area contributed by atoms with Crippen LogP contribution in [-0.4, -0.2) is 68.6 Å². The summed E-state index contributed by atoms with van der Waals surface area (Å²) in [4.78, 5) is 64.1. The summed E-state index contributed by atoms with van der Waals surface area (Å²) >= 11 is 0. The topological polar surface area (TPSA) is 128 Å². The average molecular weight is 687 g/mol. The molecule has 2 aliphatic rings. The number of hydrogen-bond acceptors (Lipinski definition) is 5. The molecule has 264 valence electrons. The van der Waals surface area contributed by atoms with Gasteiger partial charge in [0.25, 0.3) is 0 Å². The molecule has 2 fully saturated rings. The van der Waals surface area contributed by atoms with E-state index in [0.717, 1.165) is 35.1 Å². The highest BCUT2D eigenvalue weighted by atomic mass is 16.2. The lowest BCUT2D eigenvalue weighted by Gasteiger charge is -2.24. The van der Waals surface area contributed by atoms with Crippen LogP contribution >= 0.6 is 0 Å². The standard InChI is InChI=1S/C41H46N6O4/c1-3-10-28(4-2)15-23-37(48)47-26-9-14-36(47)41(51)43-32-21-22-33-34(27-32)45-39(44-33)30-17-19-31(20-18-30)42-40(50)35-13-8-25-46(35)38(49)24-16-29-11-6-5-7-12-29/h3-7,10-12,17-22,27,35-36H,8-9,13-16,23-26H2,1-2H3,(H,42,50)(H,43,51)(H,44,45)/t35-,36-/m0/s1. The number of carbonyl (C=O) groups is 4. The quantitative estimate of drug-likeness (QED) is 0.138. The first-order chi connectivity index (χ1) is 24.8. The zero-order chi connectivity index (χ0) is 35.7. The van der Waals surface area contributed by atoms with Gasteiger partial charge in [0, 0.05) is 42.9 Å². The Hall–Kier alpha value is -5.51. The van der Waals surface area contributed by atoms with Gasteiger partial charge in [0.1, 0.15) is 17.9 Å². The SMILES string of the molecule is CC=CC(=CC)CCC(=O)N1CCC[C@H]1C(=O)Nc1ccc2[nH]c(-c3ccc(NC(=O)[C@@H]4CCCN4C(=O)CCc4ccccc4)cc3)nc2c1. The number of likely N-dealkylation sites (tertiary alicyclic amines) is 2. The number of fused-ring (bicyclic) bond motifs is 1. The normalized spacial score (nSPS) is 17.7. The first kappa shape index (κ1) is 35.3. The van der Waals surface area contributed by atoms with E-state index in [2.05, 4.69) is 15.6 Å². The number of nitrogens with zero attached hydrogens (tertiary/aromatic N) is 3. The molecule has 10 heteroatoms. The number of anilines is 2. The number of amides is 4. The molecule has 3 N–H and O–H groups in total. The van der Waals surface area contributed by atoms with Crippen LogP contribution in [0.3, 0.4) is 0 Å². The van der Waals surface area contributed by atoms with Gasteiger partial charge in [-0.3, -0.25) is 19.2 Å². The smallest absolute Gasteiger partial charge is 0.247 e. The summed E-state index contributed by atoms with van der Waals surface area (Å²) in [6.45, 7) is 5.10. The number of hydrogen-bond donors (Lipinski definition) is 3. The van der Waals surface area contributed by atoms with E-state index in [1.807, 2.05) is 105 Å². The minimum atomic E-state index is -0.491. The predicted molar refractivity (Wildman–Crippen MR) is 201 cm³/mol. The number of carbonyl (C=O) groups excluding carboxylic acids is 4. The molecule has 2 atom stereocenters. The van der Waals surface area contributed by atoms with Crippen LogP contribution in [-0.2, 0) is 25.6 Å². The van der Waals surface area contributed by atoms with Gasteiger partial charge in [0.2, 0.25) is 23.6 Å². The maximum atomic E-state index is 13.3. The maximum absolute atomic E-state index is 13.3. The van der Waals surface area contributed by atoms with E-state index in [-0.39, 0.29) is 23.6 Å². The molecule has 0 bridgehead atoms. The third-order valence-corrected chi connectivity index (χ3v) is 9.78. The van der Waals surface area contributed by atoms with Crippen molar-refractivity contribution in [3.63, 3.8) is 0 Å². The molecule has 6 rings (SSSR count). The number of benzene rings is 3. The van der Waals surface area contributed by atoms with Crippen LogP contribution in [0.4, 0.5) is 11.4 Å². The Bertz CT molecular complexity index is 1930. The highest BCUT2D eigenvalue weighted by molar-refractivity contribution is 5.99. The molecule has 10 nitrogen and oxygen atoms in total. The number of aromatic amines is 1. The van der Waals surface area contributed by atoms with Crippen LogP contribution in [0.25, 0.3) is 22.4 Å². The first-order valence-corrected chi connectivity index (χ1v) is 18.0. The second kappa shape index (κ2) is 16.5. The molecule has 4 amide bonds. The molecular formula is C41H46N6O4. The first-order valence-electron chi connectivity index (χ1n) is 18.0. The monoisotopic (exact) mass is 686 g/mol. The van der Waals surface area contributed by atoms with Crippen LogP contribution < -0.4 is 10.6 Å². The highest BCUT2D eigenvalue weighted by Crippen LogP contribution is 2.27. The van der Waals surface area contributed by atoms with Crippen molar-refractivity contribution < 1.29 is 19.2 Å². The molecular weight excluding hydrogens is 640 g/mol. The van der Waals surface area contributed by atoms with E-state index in [1.165, 1.54) is 0 Å². The van der Waals surface area contributed by atoms with Gasteiger partial charge in [-0.15, -0.1) is 0 Å². The number of imidazole rings is 1. The Morgan fingerprint density at radius 3 is 2.06 bits per heavy atom. The van der Waals surface area contributed by atoms with E-state index >= 15 is 0 Å². The average Bonchev–Trinajstić information content (AvgIpc) is 3.93. The second-order valence-electron chi connectivity index (χ2n) is 13.2. The second-order valence-corrected chi connectivity index (χ2v) is 13.2. The van der Waals surface area contributed by atoms with Crippen molar-refractivity contribution in [3.05, 3.63) is 102 Å². The van der Waals surface area contributed by atoms with Crippen molar-refractivity contribution in [2.24, 2.45) is 0 Å². The number of aryl methyl sites for hydroxylation is 1. The van der Waals surface area contributed by atoms with Crippen molar-refractivity contribution in [2.45, 2.75) is 77.3 Å². The lowest BCUT2D eigenvalue weighted by Crippen LogP contribution is -2.43. The lowest BCUT2D eigenvalue weighted by atomic mass is 10.1. The van der Waals surface area contributed by atoms with Gasteiger partial charge in [-0.25, -0.2) is 4.98 Å². The number of aromatic nitrogens is 2. The molecule has 2 saturated heterocycles. The fourth-order valence-corrected chi connectivity index (χ4v) is 7.03. The van der Waals surface area contributed by atoms with E-state index < -0.39 is 12.1 Å². The van der Waals surface area contributed by atoms with Crippen LogP contribution in [0.5, 0.6) is 0 Å². The predicted octanol–water partition coefficient (Wildman–Crippen LogP) is 7.02. The van der Waals surface area contributed by atoms with Crippen LogP contribution in [0.1, 0.15) is 64.4 Å². The van der Waals surface area contributed by atoms with Gasteiger partial charge in [0.15, 0.2) is 0 Å². The van der Waals surface area contributed by atoms with Crippen molar-refractivity contribution in [3.8, 4) is 11.4 Å². The molecule has 0 saturated carbocycles. The Labute approximate surface area is 299 Å². The largest absolute Gasteiger partial charge is 0.338 e. The minimum absolute atomic E-state index is 0.000348. The summed E-state index contributed by atoms with van der Waals surface area (Å²) in [5.41, 5.74) is 5.83. The van der Waals surface area contributed by atoms with Crippen LogP contribution in [0.2, 0.25) is 0 Å². The summed E-state index contributed by atoms with van der Waals surface area (Å²) in [5, 5.41) is 6.00. The zero-order valence-corrected chi connectivity index (χ0v) is 29.4. The molecule has 0 radical (unpaired) electrons. The Kier molecular flexibility index (Phi) is 11.4. The highest BCUT2D eigenvalue weighted by Gasteiger charge is 2.35. The number of H-pyrrole nitrogens is 1. The zero-order valence-electron chi connectivity index (χ0n) is 29.4. The van der Waals surface area contributed by atoms with Gasteiger partial charge in [-0.1, -0.05) is 54.1 Å². The minimum Gasteiger partial charge on any atom is -0.338 e. The van der Waals surface area contributed by atoms with Crippen LogP contribution in [0, 0.1) is 0 Å². The molecule has 2 aliphatic heterocycles. The van der Waals surface area contributed by atoms with Gasteiger partial charge in [-0.05, 0) is 100 Å². The summed E-state index contributed by atoms with van der Waals surface area (Å²) in [6.07, 6.45) is 10.9. The molecule has 0 aliphatic carbocycles. The molecule has 51 heavy (non-hydrogen) atoms. The Morgan fingerprint density at radius 1 is 0.784 bits per heavy atom. The molecule has 0 spiro atoms. The van der Waals surface area contributed by atoms with E-state index in [0.29, 0.717) is 74.3 Å². The van der Waals surface area contributed by atoms with E-state index in [1.54, 1.807) is 9.80 Å². The fraction of sp³-hybridized carbons (Fsp3) is 0.341. The van der Waals surface area contributed by atoms with Gasteiger partial charge in [0.05, 0.1) is 11.0 Å². The van der Waals surface area contributed by atoms with Crippen molar-refractivity contribution >= 4 is 46.0 Å². The van der Waals surface area contributed by atoms with Crippen molar-refractivity contribution in [1.82, 2.24) is 19.8 Å². The number of allylic oxidation sites excluding steroid dienone is 4. The van der Waals surface area contributed by atoms with E-state index in [4.69, 9.17) is 4.98 Å². The third-order valence-electron chi connectivity index (χ3n) is 9.78. The fourth-order valence-electron chi connectivity index (χ4n) is 7.03. The third kappa shape index (κ3) is 8.63. The molecule has 4 aromatic rings. The summed E-state index contributed by atoms with van der Waals surface area (Å²) < 4.78 is 0. The summed E-state index contributed by atoms with van der Waals surface area (Å²) in [5.74, 6) is 0.294. The van der Waals surface area contributed by atoms with Gasteiger partial charge in [-0.2, -0.15) is 0 Å². The van der Waals surface area contributed by atoms with Crippen molar-refractivity contribution in [2.75, 3.05) is 23.7 Å². The van der Waals surface area contributed by atoms with Crippen molar-refractivity contribution in [1.29, 1.82) is 0 Å². The summed E-state index contributed by atoms with van der Waals surface area (Å²) in [7, 11) is 0. The maximum Gasteiger partial charge on any atom is 0.247 e. The molecule has 3 aromatic carbocycles. The van der Waals surface area contributed by atoms with Crippen LogP contribution in [0.15, 0.2) is 96.6 Å². The molecule has 0 unspecified atom stereocenters. The Morgan fingerprint density at radius 2 is 1.41 bits per heavy atom. The lowest BCUT2D eigenvalue weighted by molar-refractivity contribution is -0.136.